The second-order valence-corrected chi connectivity index (χ2v) is 9.79. The first-order valence-corrected chi connectivity index (χ1v) is 12.1. The van der Waals surface area contributed by atoms with Crippen LogP contribution in [-0.4, -0.2) is 44.4 Å². The number of nitrogens with one attached hydrogen (secondary N) is 2. The first-order chi connectivity index (χ1) is 14.8. The Hall–Kier alpha value is -2.62. The average Bonchev–Trinajstić information content (AvgIpc) is 3.25. The fourth-order valence-electron chi connectivity index (χ4n) is 3.69. The smallest absolute Gasteiger partial charge is 0.262 e. The minimum absolute atomic E-state index is 0.119. The van der Waals surface area contributed by atoms with Gasteiger partial charge in [-0.2, -0.15) is 0 Å². The summed E-state index contributed by atoms with van der Waals surface area (Å²) in [6.07, 6.45) is 5.04. The molecule has 8 nitrogen and oxygen atoms in total. The summed E-state index contributed by atoms with van der Waals surface area (Å²) in [5, 5.41) is 12.3. The Bertz CT molecular complexity index is 971. The van der Waals surface area contributed by atoms with Gasteiger partial charge in [-0.25, -0.2) is 13.9 Å². The van der Waals surface area contributed by atoms with E-state index >= 15 is 0 Å². The van der Waals surface area contributed by atoms with Crippen molar-refractivity contribution in [1.82, 2.24) is 10.8 Å². The van der Waals surface area contributed by atoms with E-state index in [-0.39, 0.29) is 12.6 Å². The van der Waals surface area contributed by atoms with Crippen LogP contribution < -0.4 is 19.8 Å². The van der Waals surface area contributed by atoms with Gasteiger partial charge in [-0.05, 0) is 56.2 Å². The van der Waals surface area contributed by atoms with Crippen LogP contribution >= 0.6 is 0 Å². The molecule has 9 heteroatoms. The molecule has 1 aliphatic carbocycles. The third-order valence-electron chi connectivity index (χ3n) is 5.35. The fraction of sp³-hybridized carbons (Fsp3) is 0.409. The second kappa shape index (κ2) is 10.1. The zero-order chi connectivity index (χ0) is 22.4. The maximum Gasteiger partial charge on any atom is 0.262 e. The predicted octanol–water partition coefficient (Wildman–Crippen LogP) is 2.96. The Labute approximate surface area is 183 Å². The number of rotatable bonds is 9. The van der Waals surface area contributed by atoms with E-state index in [1.165, 1.54) is 0 Å². The lowest BCUT2D eigenvalue weighted by Crippen LogP contribution is -2.53. The van der Waals surface area contributed by atoms with Gasteiger partial charge in [0.2, 0.25) is 10.0 Å². The van der Waals surface area contributed by atoms with Gasteiger partial charge in [0.15, 0.2) is 0 Å². The lowest BCUT2D eigenvalue weighted by Gasteiger charge is -2.29. The number of hydrogen-bond acceptors (Lipinski definition) is 6. The quantitative estimate of drug-likeness (QED) is 0.403. The molecule has 1 fully saturated rings. The molecule has 1 amide bonds. The van der Waals surface area contributed by atoms with E-state index < -0.39 is 22.0 Å². The molecule has 3 N–H and O–H groups in total. The number of hydroxylamine groups is 1. The van der Waals surface area contributed by atoms with Crippen molar-refractivity contribution >= 4 is 21.6 Å². The third-order valence-corrected chi connectivity index (χ3v) is 6.51. The van der Waals surface area contributed by atoms with Crippen molar-refractivity contribution < 1.29 is 23.2 Å². The third kappa shape index (κ3) is 6.43. The summed E-state index contributed by atoms with van der Waals surface area (Å²) in [5.74, 6) is 0.577. The van der Waals surface area contributed by atoms with Gasteiger partial charge < -0.3 is 10.1 Å². The average molecular weight is 448 g/mol. The monoisotopic (exact) mass is 447 g/mol. The van der Waals surface area contributed by atoms with Crippen molar-refractivity contribution in [1.29, 1.82) is 0 Å². The van der Waals surface area contributed by atoms with Crippen LogP contribution in [0.4, 0.5) is 5.69 Å². The molecule has 0 unspecified atom stereocenters. The van der Waals surface area contributed by atoms with E-state index in [2.05, 4.69) is 5.32 Å². The molecule has 31 heavy (non-hydrogen) atoms. The van der Waals surface area contributed by atoms with Gasteiger partial charge in [-0.15, -0.1) is 0 Å². The van der Waals surface area contributed by atoms with Crippen molar-refractivity contribution in [3.05, 3.63) is 54.1 Å². The van der Waals surface area contributed by atoms with Crippen LogP contribution in [-0.2, 0) is 14.8 Å². The molecule has 0 heterocycles. The molecule has 0 saturated heterocycles. The SMILES string of the molecule is Cc1ccc(Oc2ccc(N(C[C@H](NC3CCCC3)C(=O)NO)S(C)(=O)=O)cc2)cc1. The van der Waals surface area contributed by atoms with Crippen molar-refractivity contribution in [3.63, 3.8) is 0 Å². The van der Waals surface area contributed by atoms with Crippen molar-refractivity contribution in [2.75, 3.05) is 17.1 Å². The highest BCUT2D eigenvalue weighted by molar-refractivity contribution is 7.92. The van der Waals surface area contributed by atoms with Crippen LogP contribution in [0.3, 0.4) is 0 Å². The number of aryl methyl sites for hydroxylation is 1. The fourth-order valence-corrected chi connectivity index (χ4v) is 4.61. The standard InChI is InChI=1S/C22H29N3O5S/c1-16-7-11-19(12-8-16)30-20-13-9-18(10-14-20)25(31(2,28)29)15-21(22(26)24-27)23-17-5-3-4-6-17/h7-14,17,21,23,27H,3-6,15H2,1-2H3,(H,24,26)/t21-/m0/s1. The summed E-state index contributed by atoms with van der Waals surface area (Å²) in [5.41, 5.74) is 3.17. The van der Waals surface area contributed by atoms with E-state index in [0.717, 1.165) is 41.8 Å². The van der Waals surface area contributed by atoms with E-state index in [4.69, 9.17) is 9.94 Å². The number of ether oxygens (including phenoxy) is 1. The van der Waals surface area contributed by atoms with Crippen LogP contribution in [0.25, 0.3) is 0 Å². The predicted molar refractivity (Wildman–Crippen MR) is 119 cm³/mol. The largest absolute Gasteiger partial charge is 0.457 e. The van der Waals surface area contributed by atoms with Crippen molar-refractivity contribution in [2.24, 2.45) is 0 Å². The lowest BCUT2D eigenvalue weighted by molar-refractivity contribution is -0.131. The van der Waals surface area contributed by atoms with Crippen LogP contribution in [0.1, 0.15) is 31.2 Å². The minimum atomic E-state index is -3.67. The Morgan fingerprint density at radius 3 is 2.16 bits per heavy atom. The van der Waals surface area contributed by atoms with Crippen molar-refractivity contribution in [2.45, 2.75) is 44.7 Å². The molecule has 1 aliphatic rings. The normalized spacial score (nSPS) is 15.5. The number of carbonyl (C=O) groups is 1. The highest BCUT2D eigenvalue weighted by atomic mass is 32.2. The molecule has 2 aromatic carbocycles. The lowest BCUT2D eigenvalue weighted by atomic mass is 10.2. The highest BCUT2D eigenvalue weighted by Gasteiger charge is 2.29. The Kier molecular flexibility index (Phi) is 7.53. The van der Waals surface area contributed by atoms with Gasteiger partial charge in [0.05, 0.1) is 18.5 Å². The van der Waals surface area contributed by atoms with Crippen LogP contribution in [0, 0.1) is 6.92 Å². The number of sulfonamides is 1. The van der Waals surface area contributed by atoms with Crippen LogP contribution in [0.5, 0.6) is 11.5 Å². The molecule has 0 spiro atoms. The Morgan fingerprint density at radius 2 is 1.65 bits per heavy atom. The van der Waals surface area contributed by atoms with E-state index in [0.29, 0.717) is 17.2 Å². The van der Waals surface area contributed by atoms with Gasteiger partial charge in [0.1, 0.15) is 17.5 Å². The van der Waals surface area contributed by atoms with E-state index in [1.54, 1.807) is 29.7 Å². The van der Waals surface area contributed by atoms with Gasteiger partial charge >= 0.3 is 0 Å². The van der Waals surface area contributed by atoms with Gasteiger partial charge in [0.25, 0.3) is 5.91 Å². The van der Waals surface area contributed by atoms with E-state index in [9.17, 15) is 13.2 Å². The molecular formula is C22H29N3O5S. The molecule has 0 aromatic heterocycles. The molecule has 0 bridgehead atoms. The Balaban J connectivity index is 1.77. The topological polar surface area (TPSA) is 108 Å². The molecule has 168 valence electrons. The summed E-state index contributed by atoms with van der Waals surface area (Å²) < 4.78 is 32.0. The minimum Gasteiger partial charge on any atom is -0.457 e. The molecule has 2 aromatic rings. The van der Waals surface area contributed by atoms with Crippen molar-refractivity contribution in [3.8, 4) is 11.5 Å². The molecule has 1 saturated carbocycles. The number of benzene rings is 2. The molecule has 3 rings (SSSR count). The van der Waals surface area contributed by atoms with Gasteiger partial charge in [-0.3, -0.25) is 14.3 Å². The second-order valence-electron chi connectivity index (χ2n) is 7.88. The Morgan fingerprint density at radius 1 is 1.10 bits per heavy atom. The summed E-state index contributed by atoms with van der Waals surface area (Å²) >= 11 is 0. The highest BCUT2D eigenvalue weighted by Crippen LogP contribution is 2.26. The van der Waals surface area contributed by atoms with E-state index in [1.807, 2.05) is 31.2 Å². The summed E-state index contributed by atoms with van der Waals surface area (Å²) in [7, 11) is -3.67. The molecule has 0 radical (unpaired) electrons. The zero-order valence-electron chi connectivity index (χ0n) is 17.7. The molecular weight excluding hydrogens is 418 g/mol. The number of hydrogen-bond donors (Lipinski definition) is 3. The summed E-state index contributed by atoms with van der Waals surface area (Å²) in [6.45, 7) is 1.85. The number of nitrogens with zero attached hydrogens (tertiary/aromatic N) is 1. The summed E-state index contributed by atoms with van der Waals surface area (Å²) in [4.78, 5) is 12.2. The summed E-state index contributed by atoms with van der Waals surface area (Å²) in [6, 6.07) is 13.5. The van der Waals surface area contributed by atoms with Gasteiger partial charge in [-0.1, -0.05) is 30.5 Å². The van der Waals surface area contributed by atoms with Crippen LogP contribution in [0.2, 0.25) is 0 Å². The first kappa shape index (κ1) is 23.1. The molecule has 0 aliphatic heterocycles. The number of amides is 1. The number of carbonyl (C=O) groups excluding carboxylic acids is 1. The first-order valence-electron chi connectivity index (χ1n) is 10.3. The maximum absolute atomic E-state index is 12.5. The maximum atomic E-state index is 12.5. The van der Waals surface area contributed by atoms with Crippen LogP contribution in [0.15, 0.2) is 48.5 Å². The molecule has 1 atom stereocenters. The number of anilines is 1. The zero-order valence-corrected chi connectivity index (χ0v) is 18.6. The van der Waals surface area contributed by atoms with Gasteiger partial charge in [0, 0.05) is 6.04 Å².